The maximum Gasteiger partial charge on any atom is 0.310 e. The van der Waals surface area contributed by atoms with Gasteiger partial charge in [-0.2, -0.15) is 0 Å². The first-order chi connectivity index (χ1) is 12.9. The van der Waals surface area contributed by atoms with E-state index in [0.717, 1.165) is 29.0 Å². The number of hydrogen-bond donors (Lipinski definition) is 3. The number of nitrogens with one attached hydrogen (secondary N) is 2. The number of hydrogen-bond acceptors (Lipinski definition) is 4. The van der Waals surface area contributed by atoms with Crippen LogP contribution in [0.2, 0.25) is 0 Å². The van der Waals surface area contributed by atoms with E-state index in [-0.39, 0.29) is 0 Å². The molecule has 0 saturated carbocycles. The Labute approximate surface area is 167 Å². The molecule has 0 aliphatic carbocycles. The van der Waals surface area contributed by atoms with E-state index in [1.165, 1.54) is 0 Å². The zero-order valence-electron chi connectivity index (χ0n) is 15.0. The quantitative estimate of drug-likeness (QED) is 0.534. The molecule has 1 heterocycles. The van der Waals surface area contributed by atoms with E-state index in [1.807, 2.05) is 55.6 Å². The molecule has 0 bridgehead atoms. The number of H-pyrrole nitrogens is 2. The Bertz CT molecular complexity index is 1020. The van der Waals surface area contributed by atoms with Gasteiger partial charge in [-0.1, -0.05) is 24.3 Å². The number of nitrogens with zero attached hydrogens (tertiary/aromatic N) is 2. The number of aromatic nitrogens is 3. The Balaban J connectivity index is 1.73. The molecule has 3 rings (SSSR count). The lowest BCUT2D eigenvalue weighted by Gasteiger charge is -2.20. The zero-order chi connectivity index (χ0) is 19.6. The summed E-state index contributed by atoms with van der Waals surface area (Å²) in [4.78, 5) is 13.2. The molecule has 0 spiro atoms. The van der Waals surface area contributed by atoms with Crippen molar-refractivity contribution in [3.8, 4) is 5.69 Å². The number of benzene rings is 2. The van der Waals surface area contributed by atoms with E-state index < -0.39 is 11.9 Å². The highest BCUT2D eigenvalue weighted by Crippen LogP contribution is 2.21. The maximum atomic E-state index is 11.1. The second-order valence-corrected chi connectivity index (χ2v) is 7.14. The van der Waals surface area contributed by atoms with Crippen LogP contribution in [0.3, 0.4) is 0 Å². The minimum atomic E-state index is -0.821. The molecule has 0 radical (unpaired) electrons. The summed E-state index contributed by atoms with van der Waals surface area (Å²) in [5.41, 5.74) is 3.86. The van der Waals surface area contributed by atoms with E-state index in [0.29, 0.717) is 9.54 Å². The average Bonchev–Trinajstić information content (AvgIpc) is 3.00. The third-order valence-electron chi connectivity index (χ3n) is 4.50. The van der Waals surface area contributed by atoms with Crippen LogP contribution in [0.1, 0.15) is 24.0 Å². The van der Waals surface area contributed by atoms with Gasteiger partial charge in [-0.15, -0.1) is 0 Å². The van der Waals surface area contributed by atoms with Gasteiger partial charge in [-0.3, -0.25) is 19.6 Å². The molecular formula is C19H20N4O2S2. The molecule has 3 N–H and O–H groups in total. The molecule has 140 valence electrons. The van der Waals surface area contributed by atoms with E-state index in [2.05, 4.69) is 15.1 Å². The average molecular weight is 401 g/mol. The molecule has 27 heavy (non-hydrogen) atoms. The van der Waals surface area contributed by atoms with Crippen molar-refractivity contribution in [3.05, 3.63) is 69.2 Å². The summed E-state index contributed by atoms with van der Waals surface area (Å²) in [5, 5.41) is 14.8. The molecule has 0 amide bonds. The number of aliphatic carboxylic acids is 1. The van der Waals surface area contributed by atoms with Crippen LogP contribution < -0.4 is 4.90 Å². The number of carbonyl (C=O) groups is 1. The predicted molar refractivity (Wildman–Crippen MR) is 111 cm³/mol. The molecule has 6 nitrogen and oxygen atoms in total. The Morgan fingerprint density at radius 2 is 1.63 bits per heavy atom. The first-order valence-corrected chi connectivity index (χ1v) is 9.21. The second kappa shape index (κ2) is 7.89. The van der Waals surface area contributed by atoms with Gasteiger partial charge in [0.1, 0.15) is 0 Å². The molecule has 0 saturated heterocycles. The van der Waals surface area contributed by atoms with Gasteiger partial charge in [-0.25, -0.2) is 0 Å². The number of carboxylic acids is 1. The minimum absolute atomic E-state index is 0.511. The lowest BCUT2D eigenvalue weighted by Crippen LogP contribution is -2.16. The Morgan fingerprint density at radius 3 is 2.15 bits per heavy atom. The summed E-state index contributed by atoms with van der Waals surface area (Å²) in [6.07, 6.45) is 0. The lowest BCUT2D eigenvalue weighted by atomic mass is 10.0. The van der Waals surface area contributed by atoms with Crippen LogP contribution in [0.5, 0.6) is 0 Å². The third-order valence-corrected chi connectivity index (χ3v) is 5.07. The highest BCUT2D eigenvalue weighted by atomic mass is 32.1. The minimum Gasteiger partial charge on any atom is -0.481 e. The van der Waals surface area contributed by atoms with Gasteiger partial charge < -0.3 is 10.0 Å². The van der Waals surface area contributed by atoms with Crippen molar-refractivity contribution < 1.29 is 9.90 Å². The van der Waals surface area contributed by atoms with Gasteiger partial charge in [0, 0.05) is 19.3 Å². The van der Waals surface area contributed by atoms with Gasteiger partial charge >= 0.3 is 5.97 Å². The molecule has 0 aliphatic heterocycles. The van der Waals surface area contributed by atoms with Gasteiger partial charge in [-0.05, 0) is 66.8 Å². The number of rotatable bonds is 6. The lowest BCUT2D eigenvalue weighted by molar-refractivity contribution is -0.138. The summed E-state index contributed by atoms with van der Waals surface area (Å²) in [6.45, 7) is 2.41. The maximum absolute atomic E-state index is 11.1. The fourth-order valence-electron chi connectivity index (χ4n) is 2.82. The van der Waals surface area contributed by atoms with Crippen molar-refractivity contribution >= 4 is 36.1 Å². The van der Waals surface area contributed by atoms with Crippen LogP contribution in [-0.4, -0.2) is 32.9 Å². The number of aromatic amines is 2. The Hall–Kier alpha value is -2.71. The normalized spacial score (nSPS) is 11.9. The standard InChI is InChI=1S/C19H20N4O2S2/c1-12(17(24)25)14-5-9-15(10-6-14)22(2)11-13-3-7-16(8-4-13)23-18(26)20-21-19(23)27/h3-10,12H,11H2,1-2H3,(H,20,26)(H,21,27)(H,24,25). The number of carboxylic acid groups (broad SMARTS) is 1. The van der Waals surface area contributed by atoms with Crippen molar-refractivity contribution in [3.63, 3.8) is 0 Å². The van der Waals surface area contributed by atoms with Crippen molar-refractivity contribution in [2.24, 2.45) is 0 Å². The highest BCUT2D eigenvalue weighted by molar-refractivity contribution is 7.72. The second-order valence-electron chi connectivity index (χ2n) is 6.37. The van der Waals surface area contributed by atoms with Gasteiger partial charge in [0.05, 0.1) is 11.6 Å². The van der Waals surface area contributed by atoms with Crippen LogP contribution in [0.4, 0.5) is 5.69 Å². The summed E-state index contributed by atoms with van der Waals surface area (Å²) in [5.74, 6) is -1.33. The summed E-state index contributed by atoms with van der Waals surface area (Å²) in [7, 11) is 2.00. The monoisotopic (exact) mass is 400 g/mol. The van der Waals surface area contributed by atoms with E-state index in [4.69, 9.17) is 29.5 Å². The molecule has 0 aliphatic rings. The molecule has 8 heteroatoms. The molecule has 2 aromatic carbocycles. The molecule has 1 atom stereocenters. The number of anilines is 1. The smallest absolute Gasteiger partial charge is 0.310 e. The van der Waals surface area contributed by atoms with Gasteiger partial charge in [0.15, 0.2) is 9.54 Å². The molecule has 3 aromatic rings. The fourth-order valence-corrected chi connectivity index (χ4v) is 3.37. The van der Waals surface area contributed by atoms with Crippen molar-refractivity contribution in [1.29, 1.82) is 0 Å². The molecular weight excluding hydrogens is 380 g/mol. The first kappa shape index (κ1) is 19.1. The van der Waals surface area contributed by atoms with Crippen LogP contribution in [0.15, 0.2) is 48.5 Å². The fraction of sp³-hybridized carbons (Fsp3) is 0.211. The van der Waals surface area contributed by atoms with Crippen molar-refractivity contribution in [2.75, 3.05) is 11.9 Å². The Morgan fingerprint density at radius 1 is 1.07 bits per heavy atom. The third kappa shape index (κ3) is 4.17. The van der Waals surface area contributed by atoms with E-state index >= 15 is 0 Å². The summed E-state index contributed by atoms with van der Waals surface area (Å²) < 4.78 is 2.82. The highest BCUT2D eigenvalue weighted by Gasteiger charge is 2.13. The molecule has 1 unspecified atom stereocenters. The van der Waals surface area contributed by atoms with Crippen LogP contribution in [0.25, 0.3) is 5.69 Å². The molecule has 0 fully saturated rings. The summed E-state index contributed by atoms with van der Waals surface area (Å²) in [6, 6.07) is 15.7. The zero-order valence-corrected chi connectivity index (χ0v) is 16.6. The van der Waals surface area contributed by atoms with Gasteiger partial charge in [0.25, 0.3) is 0 Å². The van der Waals surface area contributed by atoms with E-state index in [1.54, 1.807) is 11.5 Å². The van der Waals surface area contributed by atoms with E-state index in [9.17, 15) is 4.79 Å². The first-order valence-electron chi connectivity index (χ1n) is 8.39. The van der Waals surface area contributed by atoms with Crippen LogP contribution in [0, 0.1) is 9.54 Å². The van der Waals surface area contributed by atoms with Crippen LogP contribution >= 0.6 is 24.4 Å². The van der Waals surface area contributed by atoms with Gasteiger partial charge in [0.2, 0.25) is 0 Å². The van der Waals surface area contributed by atoms with Crippen molar-refractivity contribution in [1.82, 2.24) is 14.8 Å². The van der Waals surface area contributed by atoms with Crippen molar-refractivity contribution in [2.45, 2.75) is 19.4 Å². The largest absolute Gasteiger partial charge is 0.481 e. The topological polar surface area (TPSA) is 77.0 Å². The SMILES string of the molecule is CC(C(=O)O)c1ccc(N(C)Cc2ccc(-n3c(=S)[nH][nH]c3=S)cc2)cc1. The predicted octanol–water partition coefficient (Wildman–Crippen LogP) is 4.42. The molecule has 1 aromatic heterocycles. The Kier molecular flexibility index (Phi) is 5.57. The summed E-state index contributed by atoms with van der Waals surface area (Å²) >= 11 is 10.5. The van der Waals surface area contributed by atoms with Crippen LogP contribution in [-0.2, 0) is 11.3 Å².